The molecule has 0 saturated heterocycles. The minimum atomic E-state index is -0.450. The van der Waals surface area contributed by atoms with Crippen LogP contribution in [0.5, 0.6) is 0 Å². The summed E-state index contributed by atoms with van der Waals surface area (Å²) in [5.74, 6) is 0. The van der Waals surface area contributed by atoms with E-state index in [0.29, 0.717) is 0 Å². The molecule has 0 saturated carbocycles. The maximum Gasteiger partial charge on any atom is 0.0591 e. The second-order valence-corrected chi connectivity index (χ2v) is 2.56. The second-order valence-electron chi connectivity index (χ2n) is 2.56. The molecule has 0 amide bonds. The number of aliphatic hydroxyl groups is 1. The van der Waals surface area contributed by atoms with E-state index in [0.717, 1.165) is 12.8 Å². The molecule has 0 spiro atoms. The predicted molar refractivity (Wildman–Crippen MR) is 31.2 cm³/mol. The number of hydrogen-bond donors (Lipinski definition) is 1. The van der Waals surface area contributed by atoms with E-state index >= 15 is 0 Å². The van der Waals surface area contributed by atoms with Crippen molar-refractivity contribution in [3.05, 3.63) is 0 Å². The molecule has 0 aliphatic carbocycles. The van der Waals surface area contributed by atoms with Gasteiger partial charge in [0.05, 0.1) is 5.60 Å². The van der Waals surface area contributed by atoms with Crippen molar-refractivity contribution in [3.63, 3.8) is 0 Å². The Morgan fingerprint density at radius 2 is 1.75 bits per heavy atom. The molecule has 0 atom stereocenters. The minimum Gasteiger partial charge on any atom is -0.390 e. The van der Waals surface area contributed by atoms with Gasteiger partial charge >= 0.3 is 0 Å². The van der Waals surface area contributed by atoms with Crippen molar-refractivity contribution in [1.29, 1.82) is 0 Å². The Kier molecular flexibility index (Phi) is 6.51. The van der Waals surface area contributed by atoms with E-state index in [1.807, 2.05) is 13.8 Å². The molecule has 0 bridgehead atoms. The first kappa shape index (κ1) is 11.5. The van der Waals surface area contributed by atoms with Crippen LogP contribution in [-0.4, -0.2) is 10.7 Å². The number of hydrogen-bond acceptors (Lipinski definition) is 1. The third-order valence-corrected chi connectivity index (χ3v) is 0.862. The Morgan fingerprint density at radius 3 is 1.75 bits per heavy atom. The third-order valence-electron chi connectivity index (χ3n) is 0.862. The molecule has 48 valence electrons. The van der Waals surface area contributed by atoms with Crippen molar-refractivity contribution in [3.8, 4) is 0 Å². The van der Waals surface area contributed by atoms with E-state index in [4.69, 9.17) is 5.11 Å². The number of rotatable bonds is 2. The maximum atomic E-state index is 9.02. The van der Waals surface area contributed by atoms with Crippen LogP contribution in [0.4, 0.5) is 0 Å². The summed E-state index contributed by atoms with van der Waals surface area (Å²) in [6.07, 6.45) is 1.95. The molecule has 0 radical (unpaired) electrons. The Labute approximate surface area is 66.4 Å². The van der Waals surface area contributed by atoms with Gasteiger partial charge in [0.25, 0.3) is 0 Å². The largest absolute Gasteiger partial charge is 0.390 e. The van der Waals surface area contributed by atoms with Gasteiger partial charge < -0.3 is 5.11 Å². The first-order valence-corrected chi connectivity index (χ1v) is 2.78. The van der Waals surface area contributed by atoms with Crippen LogP contribution in [0.2, 0.25) is 0 Å². The first-order valence-electron chi connectivity index (χ1n) is 2.78. The van der Waals surface area contributed by atoms with Gasteiger partial charge in [0, 0.05) is 21.7 Å². The van der Waals surface area contributed by atoms with E-state index < -0.39 is 5.60 Å². The van der Waals surface area contributed by atoms with Gasteiger partial charge in [-0.05, 0) is 20.3 Å². The monoisotopic (exact) mass is 150 g/mol. The van der Waals surface area contributed by atoms with Crippen LogP contribution in [-0.2, 0) is 21.7 Å². The fourth-order valence-corrected chi connectivity index (χ4v) is 0.612. The quantitative estimate of drug-likeness (QED) is 0.592. The van der Waals surface area contributed by atoms with Crippen molar-refractivity contribution in [2.75, 3.05) is 0 Å². The van der Waals surface area contributed by atoms with Gasteiger partial charge in [-0.3, -0.25) is 0 Å². The van der Waals surface area contributed by atoms with Crippen molar-refractivity contribution < 1.29 is 26.8 Å². The third kappa shape index (κ3) is 9.84. The molecule has 1 N–H and O–H groups in total. The molecule has 0 aromatic heterocycles. The van der Waals surface area contributed by atoms with E-state index in [-0.39, 0.29) is 21.7 Å². The summed E-state index contributed by atoms with van der Waals surface area (Å²) in [6, 6.07) is 0. The minimum absolute atomic E-state index is 0. The summed E-state index contributed by atoms with van der Waals surface area (Å²) in [7, 11) is 0. The van der Waals surface area contributed by atoms with Crippen LogP contribution < -0.4 is 0 Å². The van der Waals surface area contributed by atoms with Crippen LogP contribution in [0.3, 0.4) is 0 Å². The van der Waals surface area contributed by atoms with Gasteiger partial charge in [-0.25, -0.2) is 0 Å². The van der Waals surface area contributed by atoms with Crippen LogP contribution in [0.15, 0.2) is 0 Å². The zero-order chi connectivity index (χ0) is 5.91. The normalized spacial score (nSPS) is 10.5. The molecule has 8 heavy (non-hydrogen) atoms. The van der Waals surface area contributed by atoms with Gasteiger partial charge in [0.15, 0.2) is 0 Å². The average Bonchev–Trinajstić information content (AvgIpc) is 1.30. The van der Waals surface area contributed by atoms with E-state index in [1.54, 1.807) is 0 Å². The second kappa shape index (κ2) is 4.54. The molecule has 1 nitrogen and oxygen atoms in total. The average molecular weight is 150 g/mol. The van der Waals surface area contributed by atoms with Gasteiger partial charge in [-0.2, -0.15) is 0 Å². The van der Waals surface area contributed by atoms with Crippen LogP contribution >= 0.6 is 0 Å². The summed E-state index contributed by atoms with van der Waals surface area (Å²) < 4.78 is 0. The van der Waals surface area contributed by atoms with Gasteiger partial charge in [0.1, 0.15) is 0 Å². The van der Waals surface area contributed by atoms with Crippen molar-refractivity contribution >= 4 is 0 Å². The smallest absolute Gasteiger partial charge is 0.0591 e. The van der Waals surface area contributed by atoms with Gasteiger partial charge in [0.2, 0.25) is 0 Å². The van der Waals surface area contributed by atoms with Crippen LogP contribution in [0.1, 0.15) is 33.6 Å². The first-order chi connectivity index (χ1) is 3.06. The standard InChI is InChI=1S/C6H14O.Ti/c1-4-5-6(2,3)7;/h7H,4-5H2,1-3H3;. The van der Waals surface area contributed by atoms with Gasteiger partial charge in [-0.15, -0.1) is 0 Å². The SMILES string of the molecule is CCCC(C)(C)O.[Ti]. The molecule has 2 heteroatoms. The molecule has 0 rings (SSSR count). The van der Waals surface area contributed by atoms with E-state index in [9.17, 15) is 0 Å². The Balaban J connectivity index is 0. The van der Waals surface area contributed by atoms with Crippen molar-refractivity contribution in [2.45, 2.75) is 39.2 Å². The molecule has 0 aromatic rings. The molecule has 0 aromatic carbocycles. The zero-order valence-corrected chi connectivity index (χ0v) is 7.42. The van der Waals surface area contributed by atoms with Gasteiger partial charge in [-0.1, -0.05) is 13.3 Å². The topological polar surface area (TPSA) is 20.2 Å². The zero-order valence-electron chi connectivity index (χ0n) is 5.86. The summed E-state index contributed by atoms with van der Waals surface area (Å²) >= 11 is 0. The molecule has 0 fully saturated rings. The Morgan fingerprint density at radius 1 is 1.38 bits per heavy atom. The fraction of sp³-hybridized carbons (Fsp3) is 1.00. The summed E-state index contributed by atoms with van der Waals surface area (Å²) in [5.41, 5.74) is -0.450. The molecule has 0 aliphatic heterocycles. The summed E-state index contributed by atoms with van der Waals surface area (Å²) in [4.78, 5) is 0. The summed E-state index contributed by atoms with van der Waals surface area (Å²) in [5, 5.41) is 9.02. The maximum absolute atomic E-state index is 9.02. The molecule has 0 aliphatic rings. The molecule has 0 unspecified atom stereocenters. The predicted octanol–water partition coefficient (Wildman–Crippen LogP) is 1.55. The molecular formula is C6H14OTi. The Bertz CT molecular complexity index is 47.0. The van der Waals surface area contributed by atoms with E-state index in [1.165, 1.54) is 0 Å². The Hall–Kier alpha value is 0.674. The van der Waals surface area contributed by atoms with Crippen LogP contribution in [0.25, 0.3) is 0 Å². The van der Waals surface area contributed by atoms with Crippen molar-refractivity contribution in [1.82, 2.24) is 0 Å². The van der Waals surface area contributed by atoms with Crippen molar-refractivity contribution in [2.24, 2.45) is 0 Å². The summed E-state index contributed by atoms with van der Waals surface area (Å²) in [6.45, 7) is 5.73. The molecule has 0 heterocycles. The fourth-order valence-electron chi connectivity index (χ4n) is 0.612. The van der Waals surface area contributed by atoms with Crippen LogP contribution in [0, 0.1) is 0 Å². The van der Waals surface area contributed by atoms with E-state index in [2.05, 4.69) is 6.92 Å². The molecular weight excluding hydrogens is 136 g/mol.